The molecule has 310 valence electrons. The molecule has 10 rings (SSSR count). The van der Waals surface area contributed by atoms with E-state index in [2.05, 4.69) is 73.2 Å². The number of H-pyrrole nitrogens is 1. The van der Waals surface area contributed by atoms with Gasteiger partial charge in [0.15, 0.2) is 0 Å². The number of hydrogen-bond acceptors (Lipinski definition) is 9. The number of imide groups is 1. The molecule has 0 aliphatic carbocycles. The van der Waals surface area contributed by atoms with Crippen LogP contribution in [0.1, 0.15) is 98.1 Å². The monoisotopic (exact) mass is 801 g/mol. The number of halogens is 1. The van der Waals surface area contributed by atoms with Gasteiger partial charge in [-0.2, -0.15) is 0 Å². The topological polar surface area (TPSA) is 121 Å². The van der Waals surface area contributed by atoms with Gasteiger partial charge in [0.05, 0.1) is 6.04 Å². The number of fused-ring (bicyclic) bond motifs is 4. The van der Waals surface area contributed by atoms with Crippen LogP contribution in [0.3, 0.4) is 0 Å². The minimum absolute atomic E-state index is 0.123. The Morgan fingerprint density at radius 1 is 0.932 bits per heavy atom. The predicted molar refractivity (Wildman–Crippen MR) is 225 cm³/mol. The Hall–Kier alpha value is -4.88. The number of likely N-dealkylation sites (tertiary alicyclic amines) is 1. The van der Waals surface area contributed by atoms with E-state index in [1.807, 2.05) is 18.5 Å². The number of piperidine rings is 3. The summed E-state index contributed by atoms with van der Waals surface area (Å²) in [5, 5.41) is 3.63. The van der Waals surface area contributed by atoms with E-state index >= 15 is 4.39 Å². The lowest BCUT2D eigenvalue weighted by Crippen LogP contribution is -2.61. The number of carbonyl (C=O) groups is 3. The van der Waals surface area contributed by atoms with Gasteiger partial charge >= 0.3 is 0 Å². The Balaban J connectivity index is 0.715. The summed E-state index contributed by atoms with van der Waals surface area (Å²) in [6.07, 6.45) is 10.0. The van der Waals surface area contributed by atoms with Crippen LogP contribution in [0.4, 0.5) is 16.0 Å². The molecular weight excluding hydrogens is 746 g/mol. The number of para-hydroxylation sites is 1. The second kappa shape index (κ2) is 14.7. The van der Waals surface area contributed by atoms with E-state index in [-0.39, 0.29) is 36.2 Å². The zero-order chi connectivity index (χ0) is 40.6. The summed E-state index contributed by atoms with van der Waals surface area (Å²) in [5.74, 6) is 0.695. The van der Waals surface area contributed by atoms with Gasteiger partial charge in [-0.1, -0.05) is 18.2 Å². The molecule has 2 N–H and O–H groups in total. The van der Waals surface area contributed by atoms with Crippen molar-refractivity contribution in [3.63, 3.8) is 0 Å². The van der Waals surface area contributed by atoms with E-state index < -0.39 is 11.7 Å². The smallest absolute Gasteiger partial charge is 0.255 e. The van der Waals surface area contributed by atoms with Crippen LogP contribution < -0.4 is 15.1 Å². The van der Waals surface area contributed by atoms with Crippen molar-refractivity contribution in [3.05, 3.63) is 82.8 Å². The summed E-state index contributed by atoms with van der Waals surface area (Å²) < 4.78 is 15.2. The first kappa shape index (κ1) is 38.3. The first-order chi connectivity index (χ1) is 28.4. The molecule has 59 heavy (non-hydrogen) atoms. The number of aromatic nitrogens is 3. The summed E-state index contributed by atoms with van der Waals surface area (Å²) in [6, 6.07) is 14.0. The molecule has 8 heterocycles. The van der Waals surface area contributed by atoms with E-state index in [0.717, 1.165) is 112 Å². The van der Waals surface area contributed by atoms with Crippen LogP contribution in [-0.4, -0.2) is 117 Å². The van der Waals surface area contributed by atoms with Crippen LogP contribution in [0.5, 0.6) is 0 Å². The molecule has 1 unspecified atom stereocenters. The number of hydrogen-bond donors (Lipinski definition) is 2. The first-order valence-electron chi connectivity index (χ1n) is 21.8. The standard InChI is InChI=1S/C46H56FN9O3/c1-29-20-36-35-6-4-5-7-37(35)50-40(36)41(56(29)26-45(2,3)47)32-22-48-44(49-23-32)54-18-14-46(15-19-54)27-52(28-46)24-30-12-16-53(17-13-30)33-8-9-34-31(21-33)25-55(43(34)59)38-10-11-39(57)51-42(38)58/h4-9,21-23,29-30,38,41,50H,10-20,24-28H2,1-3H3,(H,51,57,58)/t29-,38?,41-/m1/s1. The average Bonchev–Trinajstić information content (AvgIpc) is 3.74. The number of nitrogens with zero attached hydrogens (tertiary/aromatic N) is 7. The lowest BCUT2D eigenvalue weighted by molar-refractivity contribution is -0.136. The van der Waals surface area contributed by atoms with Gasteiger partial charge in [0.2, 0.25) is 17.8 Å². The molecule has 0 radical (unpaired) electrons. The Bertz CT molecular complexity index is 2260. The summed E-state index contributed by atoms with van der Waals surface area (Å²) in [4.78, 5) is 62.2. The third-order valence-electron chi connectivity index (χ3n) is 14.3. The van der Waals surface area contributed by atoms with Crippen LogP contribution in [0.15, 0.2) is 54.9 Å². The summed E-state index contributed by atoms with van der Waals surface area (Å²) in [6.45, 7) is 13.7. The number of aromatic amines is 1. The van der Waals surface area contributed by atoms with E-state index in [0.29, 0.717) is 36.4 Å². The summed E-state index contributed by atoms with van der Waals surface area (Å²) in [5.41, 5.74) is 6.36. The highest BCUT2D eigenvalue weighted by Crippen LogP contribution is 2.44. The molecule has 13 heteroatoms. The quantitative estimate of drug-likeness (QED) is 0.219. The largest absolute Gasteiger partial charge is 0.372 e. The molecule has 12 nitrogen and oxygen atoms in total. The summed E-state index contributed by atoms with van der Waals surface area (Å²) >= 11 is 0. The van der Waals surface area contributed by atoms with Crippen molar-refractivity contribution in [2.24, 2.45) is 11.3 Å². The molecule has 4 fully saturated rings. The van der Waals surface area contributed by atoms with Crippen molar-refractivity contribution in [3.8, 4) is 0 Å². The third kappa shape index (κ3) is 7.17. The van der Waals surface area contributed by atoms with Gasteiger partial charge in [-0.05, 0) is 106 Å². The fourth-order valence-corrected chi connectivity index (χ4v) is 11.2. The van der Waals surface area contributed by atoms with Crippen molar-refractivity contribution in [2.45, 2.75) is 96.1 Å². The highest BCUT2D eigenvalue weighted by molar-refractivity contribution is 6.05. The van der Waals surface area contributed by atoms with E-state index in [1.54, 1.807) is 18.7 Å². The molecule has 2 aromatic heterocycles. The molecule has 3 atom stereocenters. The molecule has 2 aromatic carbocycles. The minimum atomic E-state index is -1.34. The number of amides is 3. The highest BCUT2D eigenvalue weighted by Gasteiger charge is 2.46. The van der Waals surface area contributed by atoms with Crippen LogP contribution in [0.25, 0.3) is 10.9 Å². The van der Waals surface area contributed by atoms with Crippen molar-refractivity contribution in [2.75, 3.05) is 62.2 Å². The van der Waals surface area contributed by atoms with Crippen LogP contribution >= 0.6 is 0 Å². The zero-order valence-corrected chi connectivity index (χ0v) is 34.6. The van der Waals surface area contributed by atoms with Gasteiger partial charge in [0.25, 0.3) is 5.91 Å². The fourth-order valence-electron chi connectivity index (χ4n) is 11.2. The second-order valence-corrected chi connectivity index (χ2v) is 19.1. The molecule has 4 saturated heterocycles. The maximum absolute atomic E-state index is 15.2. The van der Waals surface area contributed by atoms with Crippen LogP contribution in [-0.2, 0) is 22.6 Å². The third-order valence-corrected chi connectivity index (χ3v) is 14.3. The lowest BCUT2D eigenvalue weighted by atomic mass is 9.71. The van der Waals surface area contributed by atoms with Crippen LogP contribution in [0, 0.1) is 11.3 Å². The molecular formula is C46H56FN9O3. The SMILES string of the molecule is C[C@@H]1Cc2c([nH]c3ccccc23)[C@@H](c2cnc(N3CCC4(CC3)CN(CC3CCN(c5ccc6c(c5)CN(C5CCC(=O)NC5=O)C6=O)CC3)C4)nc2)N1CC(C)(C)F. The maximum atomic E-state index is 15.2. The number of carbonyl (C=O) groups excluding carboxylic acids is 3. The molecule has 6 aliphatic rings. The summed E-state index contributed by atoms with van der Waals surface area (Å²) in [7, 11) is 0. The van der Waals surface area contributed by atoms with Gasteiger partial charge in [-0.3, -0.25) is 24.6 Å². The van der Waals surface area contributed by atoms with Gasteiger partial charge in [0.1, 0.15) is 11.7 Å². The molecule has 4 aromatic rings. The molecule has 1 spiro atoms. The molecule has 0 saturated carbocycles. The van der Waals surface area contributed by atoms with Gasteiger partial charge in [-0.15, -0.1) is 0 Å². The number of rotatable bonds is 8. The number of anilines is 2. The Labute approximate surface area is 345 Å². The normalized spacial score (nSPS) is 25.4. The number of alkyl halides is 1. The van der Waals surface area contributed by atoms with Crippen molar-refractivity contribution in [1.82, 2.24) is 35.0 Å². The molecule has 0 bridgehead atoms. The van der Waals surface area contributed by atoms with Crippen molar-refractivity contribution >= 4 is 40.3 Å². The van der Waals surface area contributed by atoms with Gasteiger partial charge in [-0.25, -0.2) is 14.4 Å². The lowest BCUT2D eigenvalue weighted by Gasteiger charge is -2.55. The zero-order valence-electron chi connectivity index (χ0n) is 34.6. The van der Waals surface area contributed by atoms with Gasteiger partial charge in [0, 0.05) is 117 Å². The predicted octanol–water partition coefficient (Wildman–Crippen LogP) is 5.62. The average molecular weight is 802 g/mol. The van der Waals surface area contributed by atoms with Gasteiger partial charge < -0.3 is 24.6 Å². The van der Waals surface area contributed by atoms with E-state index in [9.17, 15) is 14.4 Å². The Morgan fingerprint density at radius 2 is 1.68 bits per heavy atom. The maximum Gasteiger partial charge on any atom is 0.255 e. The first-order valence-corrected chi connectivity index (χ1v) is 21.8. The Kier molecular flexibility index (Phi) is 9.54. The van der Waals surface area contributed by atoms with Crippen molar-refractivity contribution < 1.29 is 18.8 Å². The van der Waals surface area contributed by atoms with E-state index in [1.165, 1.54) is 10.9 Å². The van der Waals surface area contributed by atoms with Crippen LogP contribution in [0.2, 0.25) is 0 Å². The minimum Gasteiger partial charge on any atom is -0.372 e. The fraction of sp³-hybridized carbons (Fsp3) is 0.543. The molecule has 6 aliphatic heterocycles. The van der Waals surface area contributed by atoms with E-state index in [4.69, 9.17) is 9.97 Å². The Morgan fingerprint density at radius 3 is 2.41 bits per heavy atom. The number of benzene rings is 2. The number of nitrogens with one attached hydrogen (secondary N) is 2. The second-order valence-electron chi connectivity index (χ2n) is 19.1. The molecule has 3 amide bonds. The van der Waals surface area contributed by atoms with Crippen molar-refractivity contribution in [1.29, 1.82) is 0 Å². The highest BCUT2D eigenvalue weighted by atomic mass is 19.1.